The number of phenols is 2. The Morgan fingerprint density at radius 2 is 1.70 bits per heavy atom. The molecule has 2 N–H and O–H groups in total. The van der Waals surface area contributed by atoms with Crippen molar-refractivity contribution >= 4 is 22.5 Å². The molecule has 1 aliphatic carbocycles. The molecule has 2 nitrogen and oxygen atoms in total. The molecule has 0 saturated carbocycles. The van der Waals surface area contributed by atoms with Crippen molar-refractivity contribution in [2.45, 2.75) is 13.3 Å². The van der Waals surface area contributed by atoms with Crippen LogP contribution in [0.4, 0.5) is 0 Å². The number of fused-ring (bicyclic) bond motifs is 1. The van der Waals surface area contributed by atoms with E-state index in [-0.39, 0.29) is 5.75 Å². The van der Waals surface area contributed by atoms with Crippen LogP contribution in [0.15, 0.2) is 53.2 Å². The Hall–Kier alpha value is -2.52. The van der Waals surface area contributed by atoms with Gasteiger partial charge in [-0.25, -0.2) is 0 Å². The van der Waals surface area contributed by atoms with Gasteiger partial charge in [0.05, 0.1) is 0 Å². The van der Waals surface area contributed by atoms with Crippen LogP contribution in [0.2, 0.25) is 0 Å². The molecule has 2 aromatic carbocycles. The summed E-state index contributed by atoms with van der Waals surface area (Å²) >= 11 is 1.67. The maximum Gasteiger partial charge on any atom is 0.116 e. The van der Waals surface area contributed by atoms with E-state index < -0.39 is 0 Å². The van der Waals surface area contributed by atoms with Gasteiger partial charge in [0.2, 0.25) is 0 Å². The molecule has 114 valence electrons. The van der Waals surface area contributed by atoms with Gasteiger partial charge >= 0.3 is 0 Å². The smallest absolute Gasteiger partial charge is 0.116 e. The third kappa shape index (κ3) is 2.34. The van der Waals surface area contributed by atoms with E-state index in [1.54, 1.807) is 23.5 Å². The molecule has 3 heteroatoms. The summed E-state index contributed by atoms with van der Waals surface area (Å²) in [6.07, 6.45) is 0.845. The lowest BCUT2D eigenvalue weighted by Gasteiger charge is -2.09. The van der Waals surface area contributed by atoms with Crippen LogP contribution in [0, 0.1) is 6.92 Å². The summed E-state index contributed by atoms with van der Waals surface area (Å²) < 4.78 is 0. The van der Waals surface area contributed by atoms with Gasteiger partial charge < -0.3 is 10.2 Å². The predicted molar refractivity (Wildman–Crippen MR) is 94.9 cm³/mol. The first-order valence-corrected chi connectivity index (χ1v) is 8.46. The van der Waals surface area contributed by atoms with Gasteiger partial charge in [0, 0.05) is 0 Å². The number of allylic oxidation sites excluding steroid dienone is 1. The molecule has 0 aliphatic heterocycles. The number of aryl methyl sites for hydroxylation is 1. The average molecular weight is 320 g/mol. The van der Waals surface area contributed by atoms with E-state index in [4.69, 9.17) is 0 Å². The molecule has 0 spiro atoms. The monoisotopic (exact) mass is 320 g/mol. The predicted octanol–water partition coefficient (Wildman–Crippen LogP) is 4.98. The summed E-state index contributed by atoms with van der Waals surface area (Å²) in [5.74, 6) is 0.580. The Balaban J connectivity index is 1.98. The van der Waals surface area contributed by atoms with Gasteiger partial charge in [-0.2, -0.15) is 11.3 Å². The van der Waals surface area contributed by atoms with Crippen molar-refractivity contribution in [3.63, 3.8) is 0 Å². The lowest BCUT2D eigenvalue weighted by atomic mass is 9.96. The largest absolute Gasteiger partial charge is 0.508 e. The van der Waals surface area contributed by atoms with Gasteiger partial charge in [-0.15, -0.1) is 0 Å². The van der Waals surface area contributed by atoms with Crippen LogP contribution >= 0.6 is 11.3 Å². The van der Waals surface area contributed by atoms with E-state index in [2.05, 4.69) is 16.8 Å². The minimum Gasteiger partial charge on any atom is -0.508 e. The third-order valence-electron chi connectivity index (χ3n) is 4.41. The number of hydrogen-bond donors (Lipinski definition) is 2. The van der Waals surface area contributed by atoms with E-state index in [9.17, 15) is 10.2 Å². The van der Waals surface area contributed by atoms with Crippen LogP contribution in [-0.4, -0.2) is 10.2 Å². The first kappa shape index (κ1) is 14.1. The van der Waals surface area contributed by atoms with Gasteiger partial charge in [-0.05, 0) is 93.4 Å². The average Bonchev–Trinajstić information content (AvgIpc) is 3.14. The van der Waals surface area contributed by atoms with Crippen molar-refractivity contribution in [3.05, 3.63) is 81.0 Å². The molecule has 1 aromatic heterocycles. The van der Waals surface area contributed by atoms with Crippen molar-refractivity contribution < 1.29 is 10.2 Å². The molecule has 0 atom stereocenters. The Bertz CT molecular complexity index is 904. The Morgan fingerprint density at radius 3 is 2.39 bits per heavy atom. The molecule has 1 heterocycles. The highest BCUT2D eigenvalue weighted by molar-refractivity contribution is 7.08. The standard InChI is InChI=1S/C20H16O2S/c1-12-8-16(22)9-19-17(12)10-18(13-2-4-15(21)5-3-13)20(19)14-6-7-23-11-14/h2-9,11,21-22H,10H2,1H3. The fraction of sp³-hybridized carbons (Fsp3) is 0.100. The molecule has 4 rings (SSSR count). The molecule has 1 aliphatic rings. The lowest BCUT2D eigenvalue weighted by Crippen LogP contribution is -1.89. The fourth-order valence-corrected chi connectivity index (χ4v) is 3.98. The Labute approximate surface area is 139 Å². The second-order valence-electron chi connectivity index (χ2n) is 5.88. The zero-order valence-corrected chi connectivity index (χ0v) is 13.5. The van der Waals surface area contributed by atoms with Crippen molar-refractivity contribution in [3.8, 4) is 11.5 Å². The molecule has 0 bridgehead atoms. The Morgan fingerprint density at radius 1 is 0.913 bits per heavy atom. The number of hydrogen-bond acceptors (Lipinski definition) is 3. The van der Waals surface area contributed by atoms with Gasteiger partial charge in [0.15, 0.2) is 0 Å². The molecule has 0 unspecified atom stereocenters. The van der Waals surface area contributed by atoms with Crippen molar-refractivity contribution in [1.82, 2.24) is 0 Å². The fourth-order valence-electron chi connectivity index (χ4n) is 3.33. The van der Waals surface area contributed by atoms with Crippen LogP contribution < -0.4 is 0 Å². The highest BCUT2D eigenvalue weighted by Gasteiger charge is 2.26. The molecule has 3 aromatic rings. The van der Waals surface area contributed by atoms with E-state index in [1.807, 2.05) is 31.2 Å². The number of benzene rings is 2. The zero-order valence-electron chi connectivity index (χ0n) is 12.7. The van der Waals surface area contributed by atoms with E-state index >= 15 is 0 Å². The summed E-state index contributed by atoms with van der Waals surface area (Å²) in [7, 11) is 0. The third-order valence-corrected chi connectivity index (χ3v) is 5.09. The van der Waals surface area contributed by atoms with Crippen molar-refractivity contribution in [2.24, 2.45) is 0 Å². The van der Waals surface area contributed by atoms with Gasteiger partial charge in [-0.3, -0.25) is 0 Å². The summed E-state index contributed by atoms with van der Waals surface area (Å²) in [6.45, 7) is 2.05. The van der Waals surface area contributed by atoms with Crippen LogP contribution in [0.3, 0.4) is 0 Å². The maximum atomic E-state index is 10.0. The molecule has 23 heavy (non-hydrogen) atoms. The van der Waals surface area contributed by atoms with Crippen LogP contribution in [0.25, 0.3) is 11.1 Å². The highest BCUT2D eigenvalue weighted by atomic mass is 32.1. The van der Waals surface area contributed by atoms with Crippen LogP contribution in [0.1, 0.15) is 27.8 Å². The topological polar surface area (TPSA) is 40.5 Å². The second-order valence-corrected chi connectivity index (χ2v) is 6.66. The zero-order chi connectivity index (χ0) is 16.0. The molecular weight excluding hydrogens is 304 g/mol. The van der Waals surface area contributed by atoms with E-state index in [1.165, 1.54) is 22.3 Å². The highest BCUT2D eigenvalue weighted by Crippen LogP contribution is 2.45. The quantitative estimate of drug-likeness (QED) is 0.699. The first-order chi connectivity index (χ1) is 11.1. The van der Waals surface area contributed by atoms with E-state index in [0.29, 0.717) is 5.75 Å². The Kier molecular flexibility index (Phi) is 3.24. The minimum absolute atomic E-state index is 0.274. The lowest BCUT2D eigenvalue weighted by molar-refractivity contribution is 0.474. The van der Waals surface area contributed by atoms with Gasteiger partial charge in [-0.1, -0.05) is 12.1 Å². The van der Waals surface area contributed by atoms with Crippen LogP contribution in [-0.2, 0) is 6.42 Å². The molecule has 0 saturated heterocycles. The number of rotatable bonds is 2. The SMILES string of the molecule is Cc1cc(O)cc2c1CC(c1ccc(O)cc1)=C2c1ccsc1. The molecule has 0 amide bonds. The normalized spacial score (nSPS) is 13.4. The molecular formula is C20H16O2S. The van der Waals surface area contributed by atoms with Gasteiger partial charge in [0.25, 0.3) is 0 Å². The number of aromatic hydroxyl groups is 2. The second kappa shape index (κ2) is 5.28. The van der Waals surface area contributed by atoms with Crippen molar-refractivity contribution in [1.29, 1.82) is 0 Å². The van der Waals surface area contributed by atoms with Crippen LogP contribution in [0.5, 0.6) is 11.5 Å². The summed E-state index contributed by atoms with van der Waals surface area (Å²) in [5, 5.41) is 23.8. The van der Waals surface area contributed by atoms with E-state index in [0.717, 1.165) is 23.1 Å². The summed E-state index contributed by atoms with van der Waals surface area (Å²) in [6, 6.07) is 13.2. The molecule has 0 radical (unpaired) electrons. The summed E-state index contributed by atoms with van der Waals surface area (Å²) in [5.41, 5.74) is 8.22. The summed E-state index contributed by atoms with van der Waals surface area (Å²) in [4.78, 5) is 0. The maximum absolute atomic E-state index is 10.0. The molecule has 0 fully saturated rings. The van der Waals surface area contributed by atoms with Crippen molar-refractivity contribution in [2.75, 3.05) is 0 Å². The minimum atomic E-state index is 0.274. The number of thiophene rings is 1. The number of phenolic OH excluding ortho intramolecular Hbond substituents is 2. The first-order valence-electron chi connectivity index (χ1n) is 7.51. The van der Waals surface area contributed by atoms with Gasteiger partial charge in [0.1, 0.15) is 11.5 Å².